The number of fused-ring (bicyclic) bond motifs is 4. The highest BCUT2D eigenvalue weighted by Crippen LogP contribution is 2.38. The van der Waals surface area contributed by atoms with Gasteiger partial charge in [0.25, 0.3) is 11.5 Å². The van der Waals surface area contributed by atoms with Gasteiger partial charge in [-0.1, -0.05) is 12.1 Å². The first-order valence-electron chi connectivity index (χ1n) is 11.5. The predicted octanol–water partition coefficient (Wildman–Crippen LogP) is 2.79. The van der Waals surface area contributed by atoms with Gasteiger partial charge in [-0.25, -0.2) is 8.42 Å². The summed E-state index contributed by atoms with van der Waals surface area (Å²) in [5.74, 6) is -0.00933. The quantitative estimate of drug-likeness (QED) is 0.570. The van der Waals surface area contributed by atoms with Crippen molar-refractivity contribution in [2.24, 2.45) is 5.92 Å². The van der Waals surface area contributed by atoms with E-state index in [1.807, 2.05) is 6.07 Å². The van der Waals surface area contributed by atoms with Crippen LogP contribution in [0.1, 0.15) is 34.0 Å². The molecule has 0 spiro atoms. The lowest BCUT2D eigenvalue weighted by Gasteiger charge is -2.42. The van der Waals surface area contributed by atoms with Crippen LogP contribution in [0.5, 0.6) is 5.75 Å². The number of pyridine rings is 1. The van der Waals surface area contributed by atoms with E-state index in [9.17, 15) is 23.3 Å². The number of piperidine rings is 1. The van der Waals surface area contributed by atoms with E-state index in [1.165, 1.54) is 16.4 Å². The molecule has 5 rings (SSSR count). The van der Waals surface area contributed by atoms with Gasteiger partial charge in [-0.15, -0.1) is 0 Å². The number of amides is 1. The van der Waals surface area contributed by atoms with E-state index in [1.54, 1.807) is 60.2 Å². The first-order chi connectivity index (χ1) is 17.3. The lowest BCUT2D eigenvalue weighted by atomic mass is 9.84. The highest BCUT2D eigenvalue weighted by atomic mass is 32.2. The normalized spacial score (nSPS) is 19.1. The van der Waals surface area contributed by atoms with Crippen molar-refractivity contribution in [1.29, 1.82) is 5.26 Å². The summed E-state index contributed by atoms with van der Waals surface area (Å²) >= 11 is 0. The topological polar surface area (TPSA) is 122 Å². The number of nitrogens with one attached hydrogen (secondary N) is 1. The van der Waals surface area contributed by atoms with Gasteiger partial charge in [0.2, 0.25) is 10.0 Å². The summed E-state index contributed by atoms with van der Waals surface area (Å²) in [5, 5.41) is 12.1. The number of sulfonamides is 1. The van der Waals surface area contributed by atoms with Gasteiger partial charge in [-0.3, -0.25) is 9.59 Å². The zero-order valence-corrected chi connectivity index (χ0v) is 20.4. The summed E-state index contributed by atoms with van der Waals surface area (Å²) in [7, 11) is -2.32. The fourth-order valence-electron chi connectivity index (χ4n) is 5.05. The lowest BCUT2D eigenvalue weighted by molar-refractivity contribution is 0.102. The Kier molecular flexibility index (Phi) is 6.12. The second-order valence-corrected chi connectivity index (χ2v) is 10.9. The number of rotatable bonds is 5. The zero-order valence-electron chi connectivity index (χ0n) is 19.5. The van der Waals surface area contributed by atoms with E-state index in [0.717, 1.165) is 12.1 Å². The average molecular weight is 505 g/mol. The molecule has 1 saturated heterocycles. The Morgan fingerprint density at radius 3 is 2.53 bits per heavy atom. The van der Waals surface area contributed by atoms with E-state index in [2.05, 4.69) is 5.32 Å². The lowest BCUT2D eigenvalue weighted by Crippen LogP contribution is -2.49. The molecule has 1 N–H and O–H groups in total. The van der Waals surface area contributed by atoms with E-state index < -0.39 is 15.9 Å². The van der Waals surface area contributed by atoms with Crippen LogP contribution < -0.4 is 15.6 Å². The van der Waals surface area contributed by atoms with Gasteiger partial charge in [0, 0.05) is 36.8 Å². The van der Waals surface area contributed by atoms with E-state index in [4.69, 9.17) is 4.74 Å². The molecular formula is C26H24N4O5S. The molecular weight excluding hydrogens is 480 g/mol. The monoisotopic (exact) mass is 504 g/mol. The Morgan fingerprint density at radius 2 is 1.81 bits per heavy atom. The first kappa shape index (κ1) is 23.8. The number of nitrogens with zero attached hydrogens (tertiary/aromatic N) is 3. The molecule has 2 bridgehead atoms. The van der Waals surface area contributed by atoms with Gasteiger partial charge in [-0.2, -0.15) is 9.57 Å². The Bertz CT molecular complexity index is 1540. The Balaban J connectivity index is 1.40. The maximum Gasteiger partial charge on any atom is 0.274 e. The largest absolute Gasteiger partial charge is 0.497 e. The molecule has 1 fully saturated rings. The Labute approximate surface area is 208 Å². The summed E-state index contributed by atoms with van der Waals surface area (Å²) in [5.41, 5.74) is 1.12. The van der Waals surface area contributed by atoms with Gasteiger partial charge in [0.05, 0.1) is 17.6 Å². The standard InChI is InChI=1S/C26H24N4O5S/c1-35-21-8-6-18(7-9-21)25(31)28-22-10-11-23-20-12-17(15-30(23)26(22)32)14-29(16-20)36(33,34)24-5-3-2-4-19(24)13-27/h2-11,17,20H,12,14-16H2,1H3,(H,28,31). The Morgan fingerprint density at radius 1 is 1.06 bits per heavy atom. The zero-order chi connectivity index (χ0) is 25.4. The van der Waals surface area contributed by atoms with E-state index >= 15 is 0 Å². The minimum absolute atomic E-state index is 0.00135. The molecule has 9 nitrogen and oxygen atoms in total. The van der Waals surface area contributed by atoms with Crippen molar-refractivity contribution >= 4 is 21.6 Å². The molecule has 36 heavy (non-hydrogen) atoms. The summed E-state index contributed by atoms with van der Waals surface area (Å²) < 4.78 is 34.9. The summed E-state index contributed by atoms with van der Waals surface area (Å²) in [4.78, 5) is 25.9. The second kappa shape index (κ2) is 9.26. The number of hydrogen-bond donors (Lipinski definition) is 1. The van der Waals surface area contributed by atoms with Gasteiger partial charge >= 0.3 is 0 Å². The number of hydrogen-bond acceptors (Lipinski definition) is 6. The van der Waals surface area contributed by atoms with Crippen molar-refractivity contribution in [3.63, 3.8) is 0 Å². The number of anilines is 1. The van der Waals surface area contributed by atoms with E-state index in [0.29, 0.717) is 17.9 Å². The van der Waals surface area contributed by atoms with Crippen molar-refractivity contribution < 1.29 is 17.9 Å². The molecule has 10 heteroatoms. The van der Waals surface area contributed by atoms with Gasteiger partial charge in [-0.05, 0) is 60.9 Å². The molecule has 2 unspecified atom stereocenters. The maximum absolute atomic E-state index is 13.4. The Hall–Kier alpha value is -3.94. The van der Waals surface area contributed by atoms with Gasteiger partial charge in [0.15, 0.2) is 0 Å². The average Bonchev–Trinajstić information content (AvgIpc) is 2.90. The van der Waals surface area contributed by atoms with Crippen LogP contribution in [0.25, 0.3) is 0 Å². The maximum atomic E-state index is 13.4. The molecule has 0 radical (unpaired) electrons. The van der Waals surface area contributed by atoms with Crippen LogP contribution in [0, 0.1) is 17.2 Å². The summed E-state index contributed by atoms with van der Waals surface area (Å²) in [6, 6.07) is 18.1. The first-order valence-corrected chi connectivity index (χ1v) is 12.9. The minimum atomic E-state index is -3.86. The molecule has 1 aromatic heterocycles. The highest BCUT2D eigenvalue weighted by molar-refractivity contribution is 7.89. The van der Waals surface area contributed by atoms with Crippen LogP contribution in [-0.4, -0.2) is 43.4 Å². The van der Waals surface area contributed by atoms with E-state index in [-0.39, 0.29) is 46.6 Å². The third-order valence-corrected chi connectivity index (χ3v) is 8.69. The van der Waals surface area contributed by atoms with Gasteiger partial charge in [0.1, 0.15) is 17.5 Å². The number of nitriles is 1. The van der Waals surface area contributed by atoms with Gasteiger partial charge < -0.3 is 14.6 Å². The molecule has 0 saturated carbocycles. The fourth-order valence-corrected chi connectivity index (χ4v) is 6.76. The number of aromatic nitrogens is 1. The summed E-state index contributed by atoms with van der Waals surface area (Å²) in [6.45, 7) is 0.825. The number of methoxy groups -OCH3 is 1. The van der Waals surface area contributed by atoms with Crippen molar-refractivity contribution in [3.05, 3.63) is 87.8 Å². The fraction of sp³-hybridized carbons (Fsp3) is 0.269. The van der Waals surface area contributed by atoms with Crippen LogP contribution >= 0.6 is 0 Å². The molecule has 2 aromatic carbocycles. The molecule has 2 aliphatic heterocycles. The predicted molar refractivity (Wildman–Crippen MR) is 132 cm³/mol. The number of carbonyl (C=O) groups is 1. The number of ether oxygens (including phenoxy) is 1. The minimum Gasteiger partial charge on any atom is -0.497 e. The molecule has 3 heterocycles. The molecule has 1 amide bonds. The third kappa shape index (κ3) is 4.17. The smallest absolute Gasteiger partial charge is 0.274 e. The molecule has 2 aliphatic rings. The van der Waals surface area contributed by atoms with Crippen LogP contribution in [0.2, 0.25) is 0 Å². The number of benzene rings is 2. The highest BCUT2D eigenvalue weighted by Gasteiger charge is 2.40. The molecule has 3 aromatic rings. The summed E-state index contributed by atoms with van der Waals surface area (Å²) in [6.07, 6.45) is 0.767. The van der Waals surface area contributed by atoms with Crippen molar-refractivity contribution in [2.45, 2.75) is 23.8 Å². The second-order valence-electron chi connectivity index (χ2n) is 9.00. The van der Waals surface area contributed by atoms with Crippen molar-refractivity contribution in [2.75, 3.05) is 25.5 Å². The van der Waals surface area contributed by atoms with Crippen molar-refractivity contribution in [3.8, 4) is 11.8 Å². The van der Waals surface area contributed by atoms with Crippen LogP contribution in [-0.2, 0) is 16.6 Å². The van der Waals surface area contributed by atoms with Crippen LogP contribution in [0.4, 0.5) is 5.69 Å². The number of carbonyl (C=O) groups excluding carboxylic acids is 1. The van der Waals surface area contributed by atoms with Crippen molar-refractivity contribution in [1.82, 2.24) is 8.87 Å². The molecule has 2 atom stereocenters. The van der Waals surface area contributed by atoms with Crippen LogP contribution in [0.15, 0.2) is 70.4 Å². The molecule has 0 aliphatic carbocycles. The SMILES string of the molecule is COc1ccc(C(=O)Nc2ccc3n(c2=O)CC2CC3CN(S(=O)(=O)c3ccccc3C#N)C2)cc1. The third-order valence-electron chi connectivity index (χ3n) is 6.80. The molecule has 184 valence electrons. The van der Waals surface area contributed by atoms with Crippen LogP contribution in [0.3, 0.4) is 0 Å².